The highest BCUT2D eigenvalue weighted by Crippen LogP contribution is 2.29. The van der Waals surface area contributed by atoms with Gasteiger partial charge in [-0.1, -0.05) is 43.2 Å². The predicted octanol–water partition coefficient (Wildman–Crippen LogP) is 2.32. The van der Waals surface area contributed by atoms with Crippen LogP contribution in [0.3, 0.4) is 0 Å². The van der Waals surface area contributed by atoms with Crippen LogP contribution in [0.5, 0.6) is 0 Å². The molecule has 2 aliphatic rings. The maximum Gasteiger partial charge on any atom is 0.240 e. The molecule has 2 saturated heterocycles. The third kappa shape index (κ3) is 4.58. The zero-order chi connectivity index (χ0) is 19.2. The fourth-order valence-corrected chi connectivity index (χ4v) is 4.54. The molecule has 1 amide bonds. The van der Waals surface area contributed by atoms with Crippen molar-refractivity contribution in [2.45, 2.75) is 57.0 Å². The van der Waals surface area contributed by atoms with Gasteiger partial charge in [-0.3, -0.25) is 9.69 Å². The Morgan fingerprint density at radius 2 is 1.86 bits per heavy atom. The number of carbonyl (C=O) groups is 1. The van der Waals surface area contributed by atoms with Crippen molar-refractivity contribution in [3.05, 3.63) is 42.2 Å². The number of carbonyl (C=O) groups excluding carboxylic acids is 1. The molecule has 0 saturated carbocycles. The van der Waals surface area contributed by atoms with Crippen molar-refractivity contribution in [3.8, 4) is 0 Å². The van der Waals surface area contributed by atoms with Crippen LogP contribution in [0, 0.1) is 0 Å². The first-order valence-electron chi connectivity index (χ1n) is 10.6. The number of hydrogen-bond acceptors (Lipinski definition) is 5. The van der Waals surface area contributed by atoms with Gasteiger partial charge in [0.25, 0.3) is 0 Å². The van der Waals surface area contributed by atoms with E-state index in [9.17, 15) is 4.79 Å². The zero-order valence-electron chi connectivity index (χ0n) is 16.5. The van der Waals surface area contributed by atoms with E-state index in [4.69, 9.17) is 0 Å². The van der Waals surface area contributed by atoms with E-state index in [1.54, 1.807) is 6.33 Å². The van der Waals surface area contributed by atoms with Gasteiger partial charge in [0.15, 0.2) is 0 Å². The molecule has 0 N–H and O–H groups in total. The summed E-state index contributed by atoms with van der Waals surface area (Å²) in [5, 5.41) is 11.7. The van der Waals surface area contributed by atoms with Gasteiger partial charge in [0, 0.05) is 19.6 Å². The summed E-state index contributed by atoms with van der Waals surface area (Å²) < 4.78 is 1.82. The summed E-state index contributed by atoms with van der Waals surface area (Å²) >= 11 is 0. The molecule has 150 valence electrons. The van der Waals surface area contributed by atoms with Crippen LogP contribution in [-0.4, -0.2) is 68.1 Å². The lowest BCUT2D eigenvalue weighted by molar-refractivity contribution is -0.136. The van der Waals surface area contributed by atoms with E-state index >= 15 is 0 Å². The quantitative estimate of drug-likeness (QED) is 0.767. The minimum atomic E-state index is -0.0527. The monoisotopic (exact) mass is 382 g/mol. The van der Waals surface area contributed by atoms with E-state index in [0.29, 0.717) is 5.91 Å². The smallest absolute Gasteiger partial charge is 0.240 e. The van der Waals surface area contributed by atoms with Gasteiger partial charge >= 0.3 is 0 Å². The van der Waals surface area contributed by atoms with E-state index in [1.807, 2.05) is 4.68 Å². The molecule has 2 aromatic rings. The summed E-state index contributed by atoms with van der Waals surface area (Å²) in [5.41, 5.74) is 1.36. The average molecular weight is 383 g/mol. The van der Waals surface area contributed by atoms with Crippen molar-refractivity contribution in [3.63, 3.8) is 0 Å². The molecule has 0 bridgehead atoms. The van der Waals surface area contributed by atoms with Gasteiger partial charge in [0.1, 0.15) is 6.33 Å². The van der Waals surface area contributed by atoms with Gasteiger partial charge < -0.3 is 4.90 Å². The first kappa shape index (κ1) is 19.1. The molecule has 3 heterocycles. The van der Waals surface area contributed by atoms with Gasteiger partial charge in [-0.25, -0.2) is 4.68 Å². The van der Waals surface area contributed by atoms with Crippen LogP contribution < -0.4 is 0 Å². The Balaban J connectivity index is 1.42. The molecule has 2 aliphatic heterocycles. The summed E-state index contributed by atoms with van der Waals surface area (Å²) in [5.74, 6) is 0.303. The number of nitrogens with zero attached hydrogens (tertiary/aromatic N) is 6. The second-order valence-electron chi connectivity index (χ2n) is 8.02. The highest BCUT2D eigenvalue weighted by molar-refractivity contribution is 5.82. The molecule has 28 heavy (non-hydrogen) atoms. The van der Waals surface area contributed by atoms with Crippen LogP contribution >= 0.6 is 0 Å². The van der Waals surface area contributed by atoms with Crippen molar-refractivity contribution >= 4 is 5.91 Å². The second kappa shape index (κ2) is 9.28. The molecule has 0 aliphatic carbocycles. The van der Waals surface area contributed by atoms with Gasteiger partial charge in [0.2, 0.25) is 5.91 Å². The Bertz CT molecular complexity index is 727. The van der Waals surface area contributed by atoms with Gasteiger partial charge in [-0.2, -0.15) is 0 Å². The topological polar surface area (TPSA) is 67.2 Å². The molecule has 1 aromatic heterocycles. The van der Waals surface area contributed by atoms with Gasteiger partial charge in [0.05, 0.1) is 12.1 Å². The lowest BCUT2D eigenvalue weighted by Gasteiger charge is -2.29. The first-order chi connectivity index (χ1) is 13.8. The van der Waals surface area contributed by atoms with Crippen molar-refractivity contribution in [2.75, 3.05) is 26.2 Å². The number of aromatic nitrogens is 4. The van der Waals surface area contributed by atoms with Crippen LogP contribution in [0.4, 0.5) is 0 Å². The molecule has 4 rings (SSSR count). The maximum atomic E-state index is 13.3. The summed E-state index contributed by atoms with van der Waals surface area (Å²) in [6, 6.07) is 10.7. The lowest BCUT2D eigenvalue weighted by Crippen LogP contribution is -2.46. The molecular formula is C21H30N6O. The molecule has 0 unspecified atom stereocenters. The normalized spacial score (nSPS) is 23.6. The third-order valence-electron chi connectivity index (χ3n) is 6.08. The molecule has 7 heteroatoms. The van der Waals surface area contributed by atoms with Crippen molar-refractivity contribution < 1.29 is 4.79 Å². The molecule has 0 spiro atoms. The number of rotatable bonds is 6. The number of benzene rings is 1. The van der Waals surface area contributed by atoms with E-state index in [1.165, 1.54) is 18.4 Å². The Labute approximate surface area is 166 Å². The predicted molar refractivity (Wildman–Crippen MR) is 107 cm³/mol. The number of amides is 1. The van der Waals surface area contributed by atoms with Crippen LogP contribution in [0.15, 0.2) is 36.7 Å². The standard InChI is InChI=1S/C21H30N6O/c28-21(25-12-6-1-2-7-13-25)20-15-19(27-17-22-23-24-27)16-26(20)14-8-11-18-9-4-3-5-10-18/h3-5,9-10,17,19-20H,1-2,6-8,11-16H2/t19-,20-/m0/s1. The lowest BCUT2D eigenvalue weighted by atomic mass is 10.1. The molecule has 7 nitrogen and oxygen atoms in total. The number of aryl methyl sites for hydroxylation is 1. The number of tetrazole rings is 1. The molecule has 0 radical (unpaired) electrons. The van der Waals surface area contributed by atoms with Crippen LogP contribution in [0.1, 0.15) is 50.1 Å². The van der Waals surface area contributed by atoms with E-state index in [0.717, 1.165) is 58.3 Å². The minimum Gasteiger partial charge on any atom is -0.341 e. The van der Waals surface area contributed by atoms with Crippen molar-refractivity contribution in [1.29, 1.82) is 0 Å². The summed E-state index contributed by atoms with van der Waals surface area (Å²) in [4.78, 5) is 17.8. The van der Waals surface area contributed by atoms with Gasteiger partial charge in [-0.05, 0) is 54.6 Å². The average Bonchev–Trinajstić information content (AvgIpc) is 3.32. The van der Waals surface area contributed by atoms with Crippen LogP contribution in [-0.2, 0) is 11.2 Å². The van der Waals surface area contributed by atoms with E-state index in [-0.39, 0.29) is 12.1 Å². The van der Waals surface area contributed by atoms with Crippen molar-refractivity contribution in [1.82, 2.24) is 30.0 Å². The molecule has 1 aromatic carbocycles. The highest BCUT2D eigenvalue weighted by Gasteiger charge is 2.39. The molecular weight excluding hydrogens is 352 g/mol. The minimum absolute atomic E-state index is 0.0527. The fourth-order valence-electron chi connectivity index (χ4n) is 4.54. The number of likely N-dealkylation sites (tertiary alicyclic amines) is 2. The Morgan fingerprint density at radius 1 is 1.07 bits per heavy atom. The van der Waals surface area contributed by atoms with E-state index in [2.05, 4.69) is 55.7 Å². The molecule has 2 atom stereocenters. The fraction of sp³-hybridized carbons (Fsp3) is 0.619. The zero-order valence-corrected chi connectivity index (χ0v) is 16.5. The summed E-state index contributed by atoms with van der Waals surface area (Å²) in [6.45, 7) is 3.58. The highest BCUT2D eigenvalue weighted by atomic mass is 16.2. The van der Waals surface area contributed by atoms with Crippen LogP contribution in [0.25, 0.3) is 0 Å². The van der Waals surface area contributed by atoms with Crippen LogP contribution in [0.2, 0.25) is 0 Å². The maximum absolute atomic E-state index is 13.3. The Morgan fingerprint density at radius 3 is 2.57 bits per heavy atom. The van der Waals surface area contributed by atoms with Gasteiger partial charge in [-0.15, -0.1) is 5.10 Å². The van der Waals surface area contributed by atoms with E-state index < -0.39 is 0 Å². The number of hydrogen-bond donors (Lipinski definition) is 0. The largest absolute Gasteiger partial charge is 0.341 e. The van der Waals surface area contributed by atoms with Crippen molar-refractivity contribution in [2.24, 2.45) is 0 Å². The first-order valence-corrected chi connectivity index (χ1v) is 10.6. The second-order valence-corrected chi connectivity index (χ2v) is 8.02. The Hall–Kier alpha value is -2.28. The summed E-state index contributed by atoms with van der Waals surface area (Å²) in [7, 11) is 0. The Kier molecular flexibility index (Phi) is 6.31. The third-order valence-corrected chi connectivity index (χ3v) is 6.08. The summed E-state index contributed by atoms with van der Waals surface area (Å²) in [6.07, 6.45) is 9.29. The molecule has 2 fully saturated rings. The SMILES string of the molecule is O=C([C@@H]1C[C@H](n2cnnn2)CN1CCCc1ccccc1)N1CCCCCC1.